The van der Waals surface area contributed by atoms with Crippen LogP contribution in [0.15, 0.2) is 18.2 Å². The van der Waals surface area contributed by atoms with Gasteiger partial charge in [-0.3, -0.25) is 4.79 Å². The van der Waals surface area contributed by atoms with Gasteiger partial charge in [0.05, 0.1) is 13.7 Å². The fourth-order valence-electron chi connectivity index (χ4n) is 2.25. The number of unbranched alkanes of at least 4 members (excludes halogenated alkanes) is 1. The van der Waals surface area contributed by atoms with E-state index in [0.717, 1.165) is 6.42 Å². The van der Waals surface area contributed by atoms with Crippen LogP contribution in [0, 0.1) is 5.92 Å². The van der Waals surface area contributed by atoms with E-state index in [-0.39, 0.29) is 5.78 Å². The minimum Gasteiger partial charge on any atom is -0.496 e. The first kappa shape index (κ1) is 16.5. The molecule has 0 N–H and O–H groups in total. The van der Waals surface area contributed by atoms with Crippen LogP contribution in [-0.4, -0.2) is 19.5 Å². The molecule has 112 valence electrons. The smallest absolute Gasteiger partial charge is 0.167 e. The predicted molar refractivity (Wildman–Crippen MR) is 81.8 cm³/mol. The van der Waals surface area contributed by atoms with Gasteiger partial charge in [0.25, 0.3) is 0 Å². The lowest BCUT2D eigenvalue weighted by atomic mass is 10.0. The molecule has 0 heterocycles. The molecule has 3 nitrogen and oxygen atoms in total. The Balaban J connectivity index is 2.78. The molecule has 1 aromatic rings. The number of carbonyl (C=O) groups excluding carboxylic acids is 1. The van der Waals surface area contributed by atoms with E-state index < -0.39 is 0 Å². The van der Waals surface area contributed by atoms with Gasteiger partial charge in [-0.1, -0.05) is 39.2 Å². The van der Waals surface area contributed by atoms with Crippen LogP contribution in [0.4, 0.5) is 0 Å². The molecule has 0 aromatic heterocycles. The third-order valence-electron chi connectivity index (χ3n) is 3.58. The SMILES string of the molecule is CCCCC(CC)COc1cccc(OC)c1C(C)=O. The number of Topliss-reactive ketones (excluding diaryl/α,β-unsaturated/α-hetero) is 1. The van der Waals surface area contributed by atoms with Gasteiger partial charge in [-0.2, -0.15) is 0 Å². The molecule has 1 unspecified atom stereocenters. The van der Waals surface area contributed by atoms with Crippen LogP contribution in [0.25, 0.3) is 0 Å². The van der Waals surface area contributed by atoms with Gasteiger partial charge in [0.15, 0.2) is 5.78 Å². The summed E-state index contributed by atoms with van der Waals surface area (Å²) in [4.78, 5) is 11.8. The molecule has 1 rings (SSSR count). The van der Waals surface area contributed by atoms with Crippen molar-refractivity contribution in [3.05, 3.63) is 23.8 Å². The number of benzene rings is 1. The van der Waals surface area contributed by atoms with E-state index in [9.17, 15) is 4.79 Å². The van der Waals surface area contributed by atoms with Crippen molar-refractivity contribution in [2.45, 2.75) is 46.5 Å². The largest absolute Gasteiger partial charge is 0.496 e. The molecule has 1 aromatic carbocycles. The number of ketones is 1. The van der Waals surface area contributed by atoms with Crippen molar-refractivity contribution in [1.29, 1.82) is 0 Å². The summed E-state index contributed by atoms with van der Waals surface area (Å²) >= 11 is 0. The molecule has 0 spiro atoms. The molecular formula is C17H26O3. The molecule has 0 aliphatic rings. The van der Waals surface area contributed by atoms with Crippen LogP contribution in [0.5, 0.6) is 11.5 Å². The summed E-state index contributed by atoms with van der Waals surface area (Å²) < 4.78 is 11.1. The Bertz CT molecular complexity index is 426. The van der Waals surface area contributed by atoms with Crippen molar-refractivity contribution in [3.63, 3.8) is 0 Å². The molecule has 3 heteroatoms. The summed E-state index contributed by atoms with van der Waals surface area (Å²) in [6.07, 6.45) is 4.69. The second kappa shape index (κ2) is 8.62. The maximum Gasteiger partial charge on any atom is 0.167 e. The monoisotopic (exact) mass is 278 g/mol. The average Bonchev–Trinajstić information content (AvgIpc) is 2.46. The van der Waals surface area contributed by atoms with E-state index in [4.69, 9.17) is 9.47 Å². The summed E-state index contributed by atoms with van der Waals surface area (Å²) in [6, 6.07) is 5.48. The van der Waals surface area contributed by atoms with Gasteiger partial charge in [0, 0.05) is 0 Å². The number of methoxy groups -OCH3 is 1. The summed E-state index contributed by atoms with van der Waals surface area (Å²) in [7, 11) is 1.57. The molecule has 0 fully saturated rings. The number of hydrogen-bond donors (Lipinski definition) is 0. The molecule has 0 saturated heterocycles. The minimum atomic E-state index is -0.0287. The Hall–Kier alpha value is -1.51. The van der Waals surface area contributed by atoms with Crippen molar-refractivity contribution in [2.24, 2.45) is 5.92 Å². The normalized spacial score (nSPS) is 12.0. The molecule has 0 bridgehead atoms. The number of ether oxygens (including phenoxy) is 2. The lowest BCUT2D eigenvalue weighted by molar-refractivity contribution is 0.100. The van der Waals surface area contributed by atoms with E-state index in [1.54, 1.807) is 20.1 Å². The molecule has 0 radical (unpaired) electrons. The van der Waals surface area contributed by atoms with Crippen LogP contribution in [0.3, 0.4) is 0 Å². The first-order valence-electron chi connectivity index (χ1n) is 7.44. The Kier molecular flexibility index (Phi) is 7.13. The molecule has 0 amide bonds. The van der Waals surface area contributed by atoms with Crippen molar-refractivity contribution in [3.8, 4) is 11.5 Å². The second-order valence-electron chi connectivity index (χ2n) is 5.12. The maximum absolute atomic E-state index is 11.8. The number of hydrogen-bond acceptors (Lipinski definition) is 3. The predicted octanol–water partition coefficient (Wildman–Crippen LogP) is 4.49. The first-order valence-corrected chi connectivity index (χ1v) is 7.44. The summed E-state index contributed by atoms with van der Waals surface area (Å²) in [5.74, 6) is 1.73. The summed E-state index contributed by atoms with van der Waals surface area (Å²) in [6.45, 7) is 6.58. The van der Waals surface area contributed by atoms with Gasteiger partial charge in [-0.25, -0.2) is 0 Å². The van der Waals surface area contributed by atoms with Crippen molar-refractivity contribution in [2.75, 3.05) is 13.7 Å². The highest BCUT2D eigenvalue weighted by molar-refractivity contribution is 5.99. The Morgan fingerprint density at radius 2 is 1.95 bits per heavy atom. The highest BCUT2D eigenvalue weighted by Gasteiger charge is 2.16. The Morgan fingerprint density at radius 1 is 1.25 bits per heavy atom. The third kappa shape index (κ3) is 4.55. The van der Waals surface area contributed by atoms with E-state index >= 15 is 0 Å². The minimum absolute atomic E-state index is 0.0287. The van der Waals surface area contributed by atoms with E-state index in [0.29, 0.717) is 29.6 Å². The van der Waals surface area contributed by atoms with E-state index in [2.05, 4.69) is 13.8 Å². The maximum atomic E-state index is 11.8. The molecule has 1 atom stereocenters. The fraction of sp³-hybridized carbons (Fsp3) is 0.588. The molecule has 0 aliphatic heterocycles. The zero-order valence-corrected chi connectivity index (χ0v) is 13.1. The van der Waals surface area contributed by atoms with Crippen molar-refractivity contribution in [1.82, 2.24) is 0 Å². The fourth-order valence-corrected chi connectivity index (χ4v) is 2.25. The highest BCUT2D eigenvalue weighted by atomic mass is 16.5. The summed E-state index contributed by atoms with van der Waals surface area (Å²) in [5.41, 5.74) is 0.542. The average molecular weight is 278 g/mol. The summed E-state index contributed by atoms with van der Waals surface area (Å²) in [5, 5.41) is 0. The Morgan fingerprint density at radius 3 is 2.50 bits per heavy atom. The zero-order valence-electron chi connectivity index (χ0n) is 13.1. The van der Waals surface area contributed by atoms with Gasteiger partial charge >= 0.3 is 0 Å². The van der Waals surface area contributed by atoms with Gasteiger partial charge in [-0.15, -0.1) is 0 Å². The highest BCUT2D eigenvalue weighted by Crippen LogP contribution is 2.29. The van der Waals surface area contributed by atoms with Crippen LogP contribution in [0.1, 0.15) is 56.8 Å². The quantitative estimate of drug-likeness (QED) is 0.624. The standard InChI is InChI=1S/C17H26O3/c1-5-7-9-14(6-2)12-20-16-11-8-10-15(19-4)17(16)13(3)18/h8,10-11,14H,5-7,9,12H2,1-4H3. The van der Waals surface area contributed by atoms with E-state index in [1.165, 1.54) is 19.3 Å². The number of rotatable bonds is 9. The zero-order chi connectivity index (χ0) is 15.0. The van der Waals surface area contributed by atoms with Crippen LogP contribution >= 0.6 is 0 Å². The topological polar surface area (TPSA) is 35.5 Å². The van der Waals surface area contributed by atoms with Gasteiger partial charge < -0.3 is 9.47 Å². The Labute approximate surface area is 122 Å². The molecule has 0 aliphatic carbocycles. The third-order valence-corrected chi connectivity index (χ3v) is 3.58. The molecule has 20 heavy (non-hydrogen) atoms. The van der Waals surface area contributed by atoms with E-state index in [1.807, 2.05) is 12.1 Å². The number of carbonyl (C=O) groups is 1. The lowest BCUT2D eigenvalue weighted by Crippen LogP contribution is -2.13. The second-order valence-corrected chi connectivity index (χ2v) is 5.12. The van der Waals surface area contributed by atoms with Gasteiger partial charge in [0.2, 0.25) is 0 Å². The van der Waals surface area contributed by atoms with Crippen molar-refractivity contribution < 1.29 is 14.3 Å². The van der Waals surface area contributed by atoms with Gasteiger partial charge in [-0.05, 0) is 31.4 Å². The van der Waals surface area contributed by atoms with Crippen LogP contribution < -0.4 is 9.47 Å². The van der Waals surface area contributed by atoms with Gasteiger partial charge in [0.1, 0.15) is 17.1 Å². The first-order chi connectivity index (χ1) is 9.63. The van der Waals surface area contributed by atoms with Crippen LogP contribution in [0.2, 0.25) is 0 Å². The molecule has 0 saturated carbocycles. The van der Waals surface area contributed by atoms with Crippen molar-refractivity contribution >= 4 is 5.78 Å². The lowest BCUT2D eigenvalue weighted by Gasteiger charge is -2.18. The van der Waals surface area contributed by atoms with Crippen LogP contribution in [-0.2, 0) is 0 Å². The molecular weight excluding hydrogens is 252 g/mol.